The standard InChI is InChI=1S/C22H29N4O4P/c1-4-31(27,28)30-17-11-9-15(10-12-17)14-5-7-16(8-6-14)19-22(2,3)29-21-18(26-19)20(23)24-13-25-21/h5-8,13,15,17H,4,9-12H2,1-3H3,(H,27,28)(H2,23,24,25). The van der Waals surface area contributed by atoms with Crippen molar-refractivity contribution in [2.45, 2.75) is 64.1 Å². The van der Waals surface area contributed by atoms with Crippen LogP contribution in [0.15, 0.2) is 35.6 Å². The second kappa shape index (κ2) is 8.34. The van der Waals surface area contributed by atoms with Crippen molar-refractivity contribution in [2.24, 2.45) is 4.99 Å². The van der Waals surface area contributed by atoms with Gasteiger partial charge in [-0.25, -0.2) is 9.98 Å². The Balaban J connectivity index is 1.49. The Kier molecular flexibility index (Phi) is 5.90. The summed E-state index contributed by atoms with van der Waals surface area (Å²) in [7, 11) is -3.44. The number of benzene rings is 1. The number of aromatic nitrogens is 2. The first kappa shape index (κ1) is 21.9. The van der Waals surface area contributed by atoms with Gasteiger partial charge in [-0.1, -0.05) is 31.2 Å². The molecular formula is C22H29N4O4P. The molecule has 2 aliphatic rings. The van der Waals surface area contributed by atoms with Crippen molar-refractivity contribution in [3.8, 4) is 5.88 Å². The Morgan fingerprint density at radius 3 is 2.52 bits per heavy atom. The maximum Gasteiger partial charge on any atom is 0.328 e. The molecule has 1 aliphatic carbocycles. The molecule has 4 rings (SSSR count). The molecule has 1 saturated carbocycles. The summed E-state index contributed by atoms with van der Waals surface area (Å²) in [6.07, 6.45) is 4.85. The molecule has 1 fully saturated rings. The fourth-order valence-corrected chi connectivity index (χ4v) is 5.05. The zero-order chi connectivity index (χ0) is 22.2. The van der Waals surface area contributed by atoms with Crippen LogP contribution in [0.25, 0.3) is 0 Å². The molecule has 0 saturated heterocycles. The van der Waals surface area contributed by atoms with E-state index in [2.05, 4.69) is 34.2 Å². The molecule has 2 heterocycles. The van der Waals surface area contributed by atoms with Crippen LogP contribution in [0.4, 0.5) is 11.5 Å². The predicted molar refractivity (Wildman–Crippen MR) is 120 cm³/mol. The van der Waals surface area contributed by atoms with Crippen LogP contribution in [0.2, 0.25) is 0 Å². The average molecular weight is 444 g/mol. The van der Waals surface area contributed by atoms with E-state index < -0.39 is 13.2 Å². The number of ether oxygens (including phenoxy) is 1. The summed E-state index contributed by atoms with van der Waals surface area (Å²) >= 11 is 0. The Morgan fingerprint density at radius 2 is 1.87 bits per heavy atom. The lowest BCUT2D eigenvalue weighted by molar-refractivity contribution is 0.128. The van der Waals surface area contributed by atoms with Gasteiger partial charge < -0.3 is 19.9 Å². The molecule has 2 aromatic rings. The SMILES string of the molecule is CCP(=O)(O)OC1CCC(c2ccc(C3=Nc4c(N)ncnc4OC3(C)C)cc2)CC1. The van der Waals surface area contributed by atoms with E-state index in [0.717, 1.165) is 37.0 Å². The molecule has 1 unspecified atom stereocenters. The third-order valence-corrected chi connectivity index (χ3v) is 7.43. The normalized spacial score (nSPS) is 24.5. The molecule has 0 bridgehead atoms. The van der Waals surface area contributed by atoms with Gasteiger partial charge in [0.05, 0.1) is 11.8 Å². The third kappa shape index (κ3) is 4.66. The second-order valence-corrected chi connectivity index (χ2v) is 10.8. The van der Waals surface area contributed by atoms with Crippen LogP contribution in [-0.4, -0.2) is 38.4 Å². The highest BCUT2D eigenvalue weighted by molar-refractivity contribution is 7.52. The smallest absolute Gasteiger partial charge is 0.328 e. The van der Waals surface area contributed by atoms with Crippen LogP contribution in [0.3, 0.4) is 0 Å². The summed E-state index contributed by atoms with van der Waals surface area (Å²) in [5.74, 6) is 1.10. The number of hydrogen-bond donors (Lipinski definition) is 2. The highest BCUT2D eigenvalue weighted by Gasteiger charge is 2.35. The van der Waals surface area contributed by atoms with E-state index in [9.17, 15) is 9.46 Å². The average Bonchev–Trinajstić information content (AvgIpc) is 2.73. The van der Waals surface area contributed by atoms with Gasteiger partial charge in [0.1, 0.15) is 11.9 Å². The molecular weight excluding hydrogens is 415 g/mol. The fourth-order valence-electron chi connectivity index (χ4n) is 4.23. The molecule has 3 N–H and O–H groups in total. The van der Waals surface area contributed by atoms with E-state index in [1.165, 1.54) is 11.9 Å². The van der Waals surface area contributed by atoms with Crippen LogP contribution in [0, 0.1) is 0 Å². The topological polar surface area (TPSA) is 120 Å². The van der Waals surface area contributed by atoms with Crippen molar-refractivity contribution in [1.29, 1.82) is 0 Å². The highest BCUT2D eigenvalue weighted by atomic mass is 31.2. The van der Waals surface area contributed by atoms with Gasteiger partial charge in [-0.3, -0.25) is 4.57 Å². The van der Waals surface area contributed by atoms with Gasteiger partial charge in [-0.05, 0) is 51.0 Å². The maximum absolute atomic E-state index is 11.8. The number of fused-ring (bicyclic) bond motifs is 1. The van der Waals surface area contributed by atoms with Crippen LogP contribution in [0.1, 0.15) is 63.5 Å². The first-order valence-electron chi connectivity index (χ1n) is 10.7. The van der Waals surface area contributed by atoms with Gasteiger partial charge in [0.25, 0.3) is 0 Å². The number of nitrogens with two attached hydrogens (primary N) is 1. The van der Waals surface area contributed by atoms with E-state index in [-0.39, 0.29) is 12.3 Å². The fraction of sp³-hybridized carbons (Fsp3) is 0.500. The number of hydrogen-bond acceptors (Lipinski definition) is 7. The number of nitrogens with zero attached hydrogens (tertiary/aromatic N) is 3. The number of rotatable bonds is 5. The lowest BCUT2D eigenvalue weighted by Gasteiger charge is -2.32. The third-order valence-electron chi connectivity index (χ3n) is 6.01. The van der Waals surface area contributed by atoms with Crippen molar-refractivity contribution in [2.75, 3.05) is 11.9 Å². The summed E-state index contributed by atoms with van der Waals surface area (Å²) in [6.45, 7) is 5.59. The number of anilines is 1. The molecule has 0 radical (unpaired) electrons. The Bertz CT molecular complexity index is 1030. The minimum absolute atomic E-state index is 0.131. The minimum Gasteiger partial charge on any atom is -0.463 e. The van der Waals surface area contributed by atoms with E-state index in [0.29, 0.717) is 23.3 Å². The zero-order valence-corrected chi connectivity index (χ0v) is 19.0. The van der Waals surface area contributed by atoms with Gasteiger partial charge in [0.2, 0.25) is 5.88 Å². The van der Waals surface area contributed by atoms with Crippen LogP contribution in [0.5, 0.6) is 5.88 Å². The molecule has 1 aromatic heterocycles. The van der Waals surface area contributed by atoms with Crippen molar-refractivity contribution >= 4 is 24.8 Å². The van der Waals surface area contributed by atoms with Gasteiger partial charge in [0, 0.05) is 11.7 Å². The minimum atomic E-state index is -3.44. The molecule has 1 aromatic carbocycles. The molecule has 8 nitrogen and oxygen atoms in total. The molecule has 1 aliphatic heterocycles. The first-order valence-corrected chi connectivity index (χ1v) is 12.4. The predicted octanol–water partition coefficient (Wildman–Crippen LogP) is 4.60. The van der Waals surface area contributed by atoms with E-state index >= 15 is 0 Å². The quantitative estimate of drug-likeness (QED) is 0.647. The maximum atomic E-state index is 11.8. The van der Waals surface area contributed by atoms with Crippen LogP contribution in [-0.2, 0) is 9.09 Å². The Hall–Kier alpha value is -2.28. The summed E-state index contributed by atoms with van der Waals surface area (Å²) < 4.78 is 23.3. The Morgan fingerprint density at radius 1 is 1.19 bits per heavy atom. The molecule has 0 spiro atoms. The van der Waals surface area contributed by atoms with E-state index in [4.69, 9.17) is 20.0 Å². The lowest BCUT2D eigenvalue weighted by Crippen LogP contribution is -2.41. The Labute approximate surface area is 182 Å². The molecule has 166 valence electrons. The summed E-state index contributed by atoms with van der Waals surface area (Å²) in [6, 6.07) is 8.38. The van der Waals surface area contributed by atoms with E-state index in [1.807, 2.05) is 13.8 Å². The highest BCUT2D eigenvalue weighted by Crippen LogP contribution is 2.46. The molecule has 9 heteroatoms. The van der Waals surface area contributed by atoms with Gasteiger partial charge in [-0.2, -0.15) is 4.98 Å². The van der Waals surface area contributed by atoms with Gasteiger partial charge in [0.15, 0.2) is 11.5 Å². The monoisotopic (exact) mass is 444 g/mol. The van der Waals surface area contributed by atoms with Crippen LogP contribution < -0.4 is 10.5 Å². The van der Waals surface area contributed by atoms with Crippen molar-refractivity contribution < 1.29 is 18.7 Å². The first-order chi connectivity index (χ1) is 14.7. The summed E-state index contributed by atoms with van der Waals surface area (Å²) in [5, 5.41) is 0. The summed E-state index contributed by atoms with van der Waals surface area (Å²) in [4.78, 5) is 22.6. The van der Waals surface area contributed by atoms with E-state index in [1.54, 1.807) is 6.92 Å². The second-order valence-electron chi connectivity index (χ2n) is 8.64. The lowest BCUT2D eigenvalue weighted by atomic mass is 9.82. The van der Waals surface area contributed by atoms with Crippen molar-refractivity contribution in [3.05, 3.63) is 41.7 Å². The zero-order valence-electron chi connectivity index (χ0n) is 18.1. The number of nitrogen functional groups attached to an aromatic ring is 1. The van der Waals surface area contributed by atoms with Gasteiger partial charge >= 0.3 is 7.60 Å². The van der Waals surface area contributed by atoms with Crippen molar-refractivity contribution in [3.63, 3.8) is 0 Å². The van der Waals surface area contributed by atoms with Gasteiger partial charge in [-0.15, -0.1) is 0 Å². The van der Waals surface area contributed by atoms with Crippen LogP contribution >= 0.6 is 7.60 Å². The molecule has 0 amide bonds. The number of aliphatic imine (C=N–C) groups is 1. The molecule has 1 atom stereocenters. The molecule has 31 heavy (non-hydrogen) atoms. The van der Waals surface area contributed by atoms with Crippen molar-refractivity contribution in [1.82, 2.24) is 9.97 Å². The largest absolute Gasteiger partial charge is 0.463 e. The summed E-state index contributed by atoms with van der Waals surface area (Å²) in [5.41, 5.74) is 8.78.